The molecule has 0 aliphatic heterocycles. The number of carbonyl (C=O) groups excluding carboxylic acids is 1. The highest BCUT2D eigenvalue weighted by Gasteiger charge is 2.23. The van der Waals surface area contributed by atoms with Crippen LogP contribution in [0.5, 0.6) is 0 Å². The van der Waals surface area contributed by atoms with Crippen molar-refractivity contribution < 1.29 is 35.9 Å². The molecule has 2 aromatic heterocycles. The molecule has 1 saturated carbocycles. The standard InChI is InChI=1S/C21H22ClF2N5O2.H2O4S/c1-12(2)31-28-17(10-26-21(30)15-11-29(3)27-18(15)20(23)24)19-16(22)8-14(9-25-19)7-6-13-4-5-13;1-5(2,3)4/h8-9,11-13,20H,4-5,10H2,1-3H3,(H,26,30);(H2,1,2,3,4)/b28-17-;. The number of aromatic nitrogens is 3. The SMILES string of the molecule is CC(C)O/N=C(/CNC(=O)c1cn(C)nc1C(F)F)c1ncc(C#CC2CC2)cc1Cl.O=S(=O)(O)O. The fourth-order valence-electron chi connectivity index (χ4n) is 2.56. The lowest BCUT2D eigenvalue weighted by atomic mass is 10.2. The van der Waals surface area contributed by atoms with E-state index in [0.717, 1.165) is 17.5 Å². The number of halogens is 3. The summed E-state index contributed by atoms with van der Waals surface area (Å²) in [4.78, 5) is 22.1. The molecule has 1 fully saturated rings. The Kier molecular flexibility index (Phi) is 10.3. The van der Waals surface area contributed by atoms with E-state index in [9.17, 15) is 13.6 Å². The van der Waals surface area contributed by atoms with E-state index in [1.807, 2.05) is 0 Å². The quantitative estimate of drug-likeness (QED) is 0.207. The number of nitrogens with zero attached hydrogens (tertiary/aromatic N) is 4. The van der Waals surface area contributed by atoms with Crippen LogP contribution in [0.3, 0.4) is 0 Å². The number of oxime groups is 1. The van der Waals surface area contributed by atoms with Gasteiger partial charge in [0, 0.05) is 30.9 Å². The Bertz CT molecular complexity index is 1280. The van der Waals surface area contributed by atoms with Crippen molar-refractivity contribution in [1.29, 1.82) is 0 Å². The number of aryl methyl sites for hydroxylation is 1. The van der Waals surface area contributed by atoms with Crippen LogP contribution in [0.1, 0.15) is 60.4 Å². The monoisotopic (exact) mass is 547 g/mol. The van der Waals surface area contributed by atoms with Gasteiger partial charge in [-0.1, -0.05) is 28.6 Å². The normalized spacial score (nSPS) is 13.6. The van der Waals surface area contributed by atoms with Gasteiger partial charge in [-0.2, -0.15) is 13.5 Å². The van der Waals surface area contributed by atoms with Gasteiger partial charge in [0.2, 0.25) is 0 Å². The van der Waals surface area contributed by atoms with Gasteiger partial charge in [0.25, 0.3) is 12.3 Å². The zero-order chi connectivity index (χ0) is 27.0. The second kappa shape index (κ2) is 12.7. The molecule has 0 atom stereocenters. The smallest absolute Gasteiger partial charge is 0.393 e. The topological polar surface area (TPSA) is 156 Å². The lowest BCUT2D eigenvalue weighted by Gasteiger charge is -2.11. The van der Waals surface area contributed by atoms with Gasteiger partial charge in [0.1, 0.15) is 23.2 Å². The molecule has 1 amide bonds. The Morgan fingerprint density at radius 1 is 1.39 bits per heavy atom. The first-order chi connectivity index (χ1) is 16.7. The van der Waals surface area contributed by atoms with Crippen LogP contribution in [0, 0.1) is 17.8 Å². The zero-order valence-electron chi connectivity index (χ0n) is 19.4. The highest BCUT2D eigenvalue weighted by atomic mass is 35.5. The summed E-state index contributed by atoms with van der Waals surface area (Å²) in [5.74, 6) is 5.89. The first-order valence-corrected chi connectivity index (χ1v) is 12.2. The van der Waals surface area contributed by atoms with Crippen LogP contribution in [0.4, 0.5) is 8.78 Å². The van der Waals surface area contributed by atoms with Crippen LogP contribution in [0.15, 0.2) is 23.6 Å². The second-order valence-corrected chi connectivity index (χ2v) is 9.13. The molecule has 196 valence electrons. The Morgan fingerprint density at radius 2 is 2.03 bits per heavy atom. The Hall–Kier alpha value is -3.12. The van der Waals surface area contributed by atoms with Crippen molar-refractivity contribution in [1.82, 2.24) is 20.1 Å². The molecule has 0 radical (unpaired) electrons. The van der Waals surface area contributed by atoms with E-state index in [1.165, 1.54) is 13.2 Å². The summed E-state index contributed by atoms with van der Waals surface area (Å²) in [6.07, 6.45) is 1.92. The molecule has 15 heteroatoms. The van der Waals surface area contributed by atoms with Crippen LogP contribution < -0.4 is 5.32 Å². The van der Waals surface area contributed by atoms with Gasteiger partial charge in [-0.3, -0.25) is 23.6 Å². The Balaban J connectivity index is 0.000000830. The summed E-state index contributed by atoms with van der Waals surface area (Å²) in [7, 11) is -3.20. The predicted octanol–water partition coefficient (Wildman–Crippen LogP) is 3.07. The number of pyridine rings is 1. The van der Waals surface area contributed by atoms with Crippen LogP contribution in [-0.2, 0) is 22.3 Å². The van der Waals surface area contributed by atoms with Gasteiger partial charge < -0.3 is 10.2 Å². The lowest BCUT2D eigenvalue weighted by molar-refractivity contribution is 0.0853. The maximum Gasteiger partial charge on any atom is 0.394 e. The Morgan fingerprint density at radius 3 is 2.56 bits per heavy atom. The van der Waals surface area contributed by atoms with Crippen molar-refractivity contribution in [2.24, 2.45) is 18.1 Å². The number of carbonyl (C=O) groups is 1. The molecule has 2 aromatic rings. The molecule has 3 N–H and O–H groups in total. The molecular weight excluding hydrogens is 524 g/mol. The van der Waals surface area contributed by atoms with E-state index in [0.29, 0.717) is 17.2 Å². The average Bonchev–Trinajstić information content (AvgIpc) is 3.50. The zero-order valence-corrected chi connectivity index (χ0v) is 21.0. The van der Waals surface area contributed by atoms with Crippen LogP contribution in [0.25, 0.3) is 0 Å². The van der Waals surface area contributed by atoms with Crippen molar-refractivity contribution in [2.75, 3.05) is 6.54 Å². The summed E-state index contributed by atoms with van der Waals surface area (Å²) in [6.45, 7) is 3.44. The summed E-state index contributed by atoms with van der Waals surface area (Å²) < 4.78 is 59.0. The number of rotatable bonds is 7. The number of alkyl halides is 2. The fourth-order valence-corrected chi connectivity index (χ4v) is 2.84. The summed E-state index contributed by atoms with van der Waals surface area (Å²) in [6, 6.07) is 1.67. The van der Waals surface area contributed by atoms with Gasteiger partial charge in [0.05, 0.1) is 17.1 Å². The molecule has 0 unspecified atom stereocenters. The highest BCUT2D eigenvalue weighted by Crippen LogP contribution is 2.27. The first kappa shape index (κ1) is 29.1. The van der Waals surface area contributed by atoms with Crippen molar-refractivity contribution in [2.45, 2.75) is 39.2 Å². The molecule has 0 aromatic carbocycles. The van der Waals surface area contributed by atoms with Gasteiger partial charge in [-0.05, 0) is 32.8 Å². The number of hydrogen-bond acceptors (Lipinski definition) is 7. The van der Waals surface area contributed by atoms with Gasteiger partial charge >= 0.3 is 10.4 Å². The van der Waals surface area contributed by atoms with E-state index < -0.39 is 28.4 Å². The van der Waals surface area contributed by atoms with Crippen LogP contribution in [0.2, 0.25) is 5.02 Å². The van der Waals surface area contributed by atoms with Crippen molar-refractivity contribution >= 4 is 33.6 Å². The van der Waals surface area contributed by atoms with E-state index in [-0.39, 0.29) is 28.9 Å². The average molecular weight is 548 g/mol. The largest absolute Gasteiger partial charge is 0.394 e. The third kappa shape index (κ3) is 10.2. The molecule has 2 heterocycles. The molecule has 1 aliphatic carbocycles. The predicted molar refractivity (Wildman–Crippen MR) is 126 cm³/mol. The molecular formula is C21H24ClF2N5O6S. The maximum atomic E-state index is 13.1. The maximum absolute atomic E-state index is 13.1. The van der Waals surface area contributed by atoms with E-state index in [4.69, 9.17) is 34.0 Å². The van der Waals surface area contributed by atoms with Crippen molar-refractivity contribution in [3.8, 4) is 11.8 Å². The second-order valence-electron chi connectivity index (χ2n) is 7.82. The third-order valence-electron chi connectivity index (χ3n) is 4.21. The molecule has 3 rings (SSSR count). The minimum Gasteiger partial charge on any atom is -0.393 e. The minimum absolute atomic E-state index is 0.136. The van der Waals surface area contributed by atoms with Crippen LogP contribution >= 0.6 is 11.6 Å². The molecule has 36 heavy (non-hydrogen) atoms. The van der Waals surface area contributed by atoms with Crippen molar-refractivity contribution in [3.63, 3.8) is 0 Å². The lowest BCUT2D eigenvalue weighted by Crippen LogP contribution is -2.31. The van der Waals surface area contributed by atoms with E-state index >= 15 is 0 Å². The summed E-state index contributed by atoms with van der Waals surface area (Å²) in [5.41, 5.74) is 0.417. The van der Waals surface area contributed by atoms with Gasteiger partial charge in [-0.25, -0.2) is 8.78 Å². The number of hydrogen-bond donors (Lipinski definition) is 3. The summed E-state index contributed by atoms with van der Waals surface area (Å²) >= 11 is 6.38. The highest BCUT2D eigenvalue weighted by molar-refractivity contribution is 7.79. The molecule has 0 spiro atoms. The summed E-state index contributed by atoms with van der Waals surface area (Å²) in [5, 5.41) is 10.5. The minimum atomic E-state index is -4.67. The van der Waals surface area contributed by atoms with E-state index in [1.54, 1.807) is 26.1 Å². The Labute approximate surface area is 211 Å². The van der Waals surface area contributed by atoms with Crippen molar-refractivity contribution in [3.05, 3.63) is 46.0 Å². The van der Waals surface area contributed by atoms with Gasteiger partial charge in [-0.15, -0.1) is 0 Å². The van der Waals surface area contributed by atoms with Crippen LogP contribution in [-0.4, -0.2) is 56.6 Å². The van der Waals surface area contributed by atoms with Gasteiger partial charge in [0.15, 0.2) is 0 Å². The number of amides is 1. The molecule has 11 nitrogen and oxygen atoms in total. The number of nitrogens with one attached hydrogen (secondary N) is 1. The van der Waals surface area contributed by atoms with E-state index in [2.05, 4.69) is 32.4 Å². The fraction of sp³-hybridized carbons (Fsp3) is 0.429. The molecule has 0 saturated heterocycles. The first-order valence-electron chi connectivity index (χ1n) is 10.4. The third-order valence-corrected chi connectivity index (χ3v) is 4.50. The molecule has 1 aliphatic rings. The molecule has 0 bridgehead atoms.